The number of aryl methyl sites for hydroxylation is 3. The summed E-state index contributed by atoms with van der Waals surface area (Å²) in [5, 5.41) is 7.31. The second-order valence-electron chi connectivity index (χ2n) is 7.57. The molecule has 2 heterocycles. The van der Waals surface area contributed by atoms with Gasteiger partial charge in [0.2, 0.25) is 0 Å². The number of rotatable bonds is 5. The number of anilines is 1. The number of ether oxygens (including phenoxy) is 1. The number of nitrogens with one attached hydrogen (secondary N) is 1. The van der Waals surface area contributed by atoms with Crippen LogP contribution in [0.2, 0.25) is 5.02 Å². The van der Waals surface area contributed by atoms with Crippen LogP contribution in [-0.2, 0) is 9.53 Å². The number of amides is 1. The zero-order valence-electron chi connectivity index (χ0n) is 18.0. The molecule has 168 valence electrons. The van der Waals surface area contributed by atoms with Gasteiger partial charge < -0.3 is 14.6 Å². The number of aromatic nitrogens is 2. The summed E-state index contributed by atoms with van der Waals surface area (Å²) < 4.78 is 23.8. The van der Waals surface area contributed by atoms with Crippen molar-refractivity contribution in [3.8, 4) is 11.3 Å². The van der Waals surface area contributed by atoms with Gasteiger partial charge in [0.1, 0.15) is 5.82 Å². The van der Waals surface area contributed by atoms with Crippen LogP contribution in [-0.4, -0.2) is 28.6 Å². The third-order valence-electron chi connectivity index (χ3n) is 5.01. The molecule has 0 aliphatic heterocycles. The molecule has 0 saturated carbocycles. The molecule has 0 saturated heterocycles. The average molecular weight is 468 g/mol. The van der Waals surface area contributed by atoms with Crippen LogP contribution in [0, 0.1) is 26.6 Å². The molecular weight excluding hydrogens is 449 g/mol. The van der Waals surface area contributed by atoms with Gasteiger partial charge in [-0.2, -0.15) is 0 Å². The van der Waals surface area contributed by atoms with Gasteiger partial charge in [-0.1, -0.05) is 22.8 Å². The van der Waals surface area contributed by atoms with Crippen molar-refractivity contribution in [1.82, 2.24) is 10.1 Å². The molecule has 0 atom stereocenters. The minimum atomic E-state index is -0.751. The van der Waals surface area contributed by atoms with Crippen molar-refractivity contribution in [2.45, 2.75) is 20.8 Å². The number of esters is 1. The van der Waals surface area contributed by atoms with Gasteiger partial charge >= 0.3 is 5.97 Å². The van der Waals surface area contributed by atoms with Gasteiger partial charge in [0.05, 0.1) is 33.0 Å². The van der Waals surface area contributed by atoms with Crippen molar-refractivity contribution in [2.24, 2.45) is 0 Å². The molecule has 1 amide bonds. The standard InChI is InChI=1S/C24H19ClFN3O4/c1-12-8-13(2)22(18(25)9-12)28-20(30)11-32-24(31)17-10-19(15-4-6-16(26)7-5-15)27-23-21(17)14(3)29-33-23/h4-10H,11H2,1-3H3,(H,28,30). The number of hydrogen-bond donors (Lipinski definition) is 1. The molecular formula is C24H19ClFN3O4. The van der Waals surface area contributed by atoms with E-state index in [0.29, 0.717) is 33.0 Å². The summed E-state index contributed by atoms with van der Waals surface area (Å²) in [6.45, 7) is 4.85. The van der Waals surface area contributed by atoms with E-state index in [-0.39, 0.29) is 11.3 Å². The fraction of sp³-hybridized carbons (Fsp3) is 0.167. The molecule has 0 fully saturated rings. The van der Waals surface area contributed by atoms with Gasteiger partial charge in [-0.3, -0.25) is 4.79 Å². The van der Waals surface area contributed by atoms with Gasteiger partial charge in [0.15, 0.2) is 6.61 Å². The van der Waals surface area contributed by atoms with E-state index in [9.17, 15) is 14.0 Å². The van der Waals surface area contributed by atoms with E-state index in [1.165, 1.54) is 30.3 Å². The largest absolute Gasteiger partial charge is 0.452 e. The van der Waals surface area contributed by atoms with Gasteiger partial charge in [-0.25, -0.2) is 14.2 Å². The summed E-state index contributed by atoms with van der Waals surface area (Å²) in [5.41, 5.74) is 3.87. The Morgan fingerprint density at radius 1 is 1.12 bits per heavy atom. The lowest BCUT2D eigenvalue weighted by Crippen LogP contribution is -2.21. The molecule has 1 N–H and O–H groups in total. The van der Waals surface area contributed by atoms with Gasteiger partial charge in [-0.15, -0.1) is 0 Å². The van der Waals surface area contributed by atoms with E-state index in [0.717, 1.165) is 11.1 Å². The normalized spacial score (nSPS) is 10.9. The van der Waals surface area contributed by atoms with Crippen LogP contribution in [0.5, 0.6) is 0 Å². The number of halogens is 2. The maximum atomic E-state index is 13.3. The lowest BCUT2D eigenvalue weighted by Gasteiger charge is -2.12. The predicted octanol–water partition coefficient (Wildman–Crippen LogP) is 5.40. The lowest BCUT2D eigenvalue weighted by molar-refractivity contribution is -0.119. The van der Waals surface area contributed by atoms with Crippen LogP contribution in [0.3, 0.4) is 0 Å². The molecule has 0 aliphatic rings. The van der Waals surface area contributed by atoms with Crippen LogP contribution in [0.4, 0.5) is 10.1 Å². The van der Waals surface area contributed by atoms with Crippen LogP contribution in [0.15, 0.2) is 47.0 Å². The summed E-state index contributed by atoms with van der Waals surface area (Å²) >= 11 is 6.22. The highest BCUT2D eigenvalue weighted by atomic mass is 35.5. The molecule has 7 nitrogen and oxygen atoms in total. The zero-order valence-corrected chi connectivity index (χ0v) is 18.8. The minimum Gasteiger partial charge on any atom is -0.452 e. The van der Waals surface area contributed by atoms with Crippen molar-refractivity contribution in [3.63, 3.8) is 0 Å². The Balaban J connectivity index is 1.57. The number of nitrogens with zero attached hydrogens (tertiary/aromatic N) is 2. The molecule has 0 spiro atoms. The SMILES string of the molecule is Cc1cc(C)c(NC(=O)COC(=O)c2cc(-c3ccc(F)cc3)nc3onc(C)c23)c(Cl)c1. The van der Waals surface area contributed by atoms with E-state index in [2.05, 4.69) is 15.5 Å². The maximum absolute atomic E-state index is 13.3. The molecule has 33 heavy (non-hydrogen) atoms. The van der Waals surface area contributed by atoms with Crippen LogP contribution in [0.1, 0.15) is 27.2 Å². The first-order chi connectivity index (χ1) is 15.7. The highest BCUT2D eigenvalue weighted by molar-refractivity contribution is 6.34. The van der Waals surface area contributed by atoms with Crippen LogP contribution in [0.25, 0.3) is 22.4 Å². The van der Waals surface area contributed by atoms with Crippen molar-refractivity contribution in [1.29, 1.82) is 0 Å². The monoisotopic (exact) mass is 467 g/mol. The molecule has 0 aliphatic carbocycles. The maximum Gasteiger partial charge on any atom is 0.339 e. The number of carbonyl (C=O) groups is 2. The zero-order chi connectivity index (χ0) is 23.7. The van der Waals surface area contributed by atoms with Gasteiger partial charge in [0.25, 0.3) is 11.6 Å². The Kier molecular flexibility index (Phi) is 6.11. The number of pyridine rings is 1. The molecule has 0 bridgehead atoms. The first-order valence-corrected chi connectivity index (χ1v) is 10.4. The molecule has 2 aromatic heterocycles. The van der Waals surface area contributed by atoms with Crippen LogP contribution >= 0.6 is 11.6 Å². The highest BCUT2D eigenvalue weighted by Gasteiger charge is 2.21. The molecule has 0 unspecified atom stereocenters. The Morgan fingerprint density at radius 2 is 1.85 bits per heavy atom. The van der Waals surface area contributed by atoms with E-state index >= 15 is 0 Å². The minimum absolute atomic E-state index is 0.132. The number of hydrogen-bond acceptors (Lipinski definition) is 6. The number of carbonyl (C=O) groups excluding carboxylic acids is 2. The summed E-state index contributed by atoms with van der Waals surface area (Å²) in [6.07, 6.45) is 0. The quantitative estimate of drug-likeness (QED) is 0.395. The Hall–Kier alpha value is -3.78. The molecule has 0 radical (unpaired) electrons. The topological polar surface area (TPSA) is 94.3 Å². The first kappa shape index (κ1) is 22.4. The third-order valence-corrected chi connectivity index (χ3v) is 5.31. The second-order valence-corrected chi connectivity index (χ2v) is 7.98. The van der Waals surface area contributed by atoms with E-state index in [1.54, 1.807) is 13.0 Å². The third kappa shape index (κ3) is 4.70. The van der Waals surface area contributed by atoms with Crippen molar-refractivity contribution in [2.75, 3.05) is 11.9 Å². The van der Waals surface area contributed by atoms with E-state index in [1.807, 2.05) is 19.9 Å². The molecule has 4 rings (SSSR count). The summed E-state index contributed by atoms with van der Waals surface area (Å²) in [7, 11) is 0. The van der Waals surface area contributed by atoms with Crippen molar-refractivity contribution in [3.05, 3.63) is 75.7 Å². The first-order valence-electron chi connectivity index (χ1n) is 9.99. The summed E-state index contributed by atoms with van der Waals surface area (Å²) in [5.74, 6) is -1.69. The van der Waals surface area contributed by atoms with Gasteiger partial charge in [-0.05, 0) is 68.3 Å². The number of fused-ring (bicyclic) bond motifs is 1. The Labute approximate surface area is 193 Å². The molecule has 9 heteroatoms. The van der Waals surface area contributed by atoms with Crippen LogP contribution < -0.4 is 5.32 Å². The lowest BCUT2D eigenvalue weighted by atomic mass is 10.1. The predicted molar refractivity (Wildman–Crippen MR) is 122 cm³/mol. The number of benzene rings is 2. The smallest absolute Gasteiger partial charge is 0.339 e. The fourth-order valence-corrected chi connectivity index (χ4v) is 3.85. The molecule has 2 aromatic carbocycles. The average Bonchev–Trinajstić information content (AvgIpc) is 3.15. The summed E-state index contributed by atoms with van der Waals surface area (Å²) in [4.78, 5) is 29.7. The van der Waals surface area contributed by atoms with Gasteiger partial charge in [0, 0.05) is 5.56 Å². The molecule has 4 aromatic rings. The summed E-state index contributed by atoms with van der Waals surface area (Å²) in [6, 6.07) is 10.7. The van der Waals surface area contributed by atoms with E-state index in [4.69, 9.17) is 20.9 Å². The Morgan fingerprint density at radius 3 is 2.55 bits per heavy atom. The Bertz CT molecular complexity index is 1360. The van der Waals surface area contributed by atoms with E-state index < -0.39 is 24.3 Å². The second kappa shape index (κ2) is 8.99. The van der Waals surface area contributed by atoms with Crippen molar-refractivity contribution >= 4 is 40.3 Å². The van der Waals surface area contributed by atoms with Crippen molar-refractivity contribution < 1.29 is 23.2 Å². The fourth-order valence-electron chi connectivity index (χ4n) is 3.48. The highest BCUT2D eigenvalue weighted by Crippen LogP contribution is 2.29.